The molecule has 0 saturated carbocycles. The van der Waals surface area contributed by atoms with Gasteiger partial charge in [-0.1, -0.05) is 18.2 Å². The zero-order valence-corrected chi connectivity index (χ0v) is 12.8. The Morgan fingerprint density at radius 3 is 2.50 bits per heavy atom. The normalized spacial score (nSPS) is 11.2. The Morgan fingerprint density at radius 2 is 1.85 bits per heavy atom. The van der Waals surface area contributed by atoms with Gasteiger partial charge >= 0.3 is 0 Å². The zero-order chi connectivity index (χ0) is 14.5. The van der Waals surface area contributed by atoms with Crippen molar-refractivity contribution in [2.45, 2.75) is 20.4 Å². The van der Waals surface area contributed by atoms with Gasteiger partial charge in [-0.05, 0) is 40.1 Å². The van der Waals surface area contributed by atoms with Gasteiger partial charge in [-0.2, -0.15) is 5.10 Å². The summed E-state index contributed by atoms with van der Waals surface area (Å²) in [7, 11) is 4.18. The summed E-state index contributed by atoms with van der Waals surface area (Å²) in [5, 5.41) is 8.14. The maximum absolute atomic E-state index is 4.66. The van der Waals surface area contributed by atoms with Crippen molar-refractivity contribution in [2.75, 3.05) is 27.2 Å². The van der Waals surface area contributed by atoms with Crippen LogP contribution in [0.5, 0.6) is 0 Å². The first kappa shape index (κ1) is 14.8. The number of hydrogen-bond acceptors (Lipinski definition) is 3. The summed E-state index contributed by atoms with van der Waals surface area (Å²) in [5.41, 5.74) is 4.73. The highest BCUT2D eigenvalue weighted by Gasteiger charge is 2.11. The van der Waals surface area contributed by atoms with Crippen molar-refractivity contribution in [3.63, 3.8) is 0 Å². The van der Waals surface area contributed by atoms with Gasteiger partial charge in [0.1, 0.15) is 0 Å². The highest BCUT2D eigenvalue weighted by Crippen LogP contribution is 2.17. The number of aromatic nitrogens is 2. The molecule has 108 valence electrons. The van der Waals surface area contributed by atoms with Crippen molar-refractivity contribution >= 4 is 0 Å². The van der Waals surface area contributed by atoms with E-state index < -0.39 is 0 Å². The second kappa shape index (κ2) is 6.68. The molecule has 0 bridgehead atoms. The van der Waals surface area contributed by atoms with Crippen LogP contribution in [0.15, 0.2) is 30.3 Å². The third kappa shape index (κ3) is 3.46. The third-order valence-electron chi connectivity index (χ3n) is 3.48. The van der Waals surface area contributed by atoms with Crippen LogP contribution in [0.2, 0.25) is 0 Å². The summed E-state index contributed by atoms with van der Waals surface area (Å²) in [4.78, 5) is 2.18. The molecule has 0 atom stereocenters. The molecule has 4 heteroatoms. The van der Waals surface area contributed by atoms with E-state index in [2.05, 4.69) is 55.4 Å². The highest BCUT2D eigenvalue weighted by molar-refractivity contribution is 5.36. The first-order valence-electron chi connectivity index (χ1n) is 7.05. The van der Waals surface area contributed by atoms with Gasteiger partial charge in [0.25, 0.3) is 0 Å². The first-order chi connectivity index (χ1) is 9.59. The molecule has 4 nitrogen and oxygen atoms in total. The Kier molecular flexibility index (Phi) is 4.93. The SMILES string of the molecule is Cc1nn(-c2ccccc2)c(C)c1CNCCN(C)C. The minimum absolute atomic E-state index is 0.873. The second-order valence-electron chi connectivity index (χ2n) is 5.38. The minimum atomic E-state index is 0.873. The van der Waals surface area contributed by atoms with E-state index in [0.717, 1.165) is 31.0 Å². The number of hydrogen-bond donors (Lipinski definition) is 1. The Balaban J connectivity index is 2.09. The van der Waals surface area contributed by atoms with Gasteiger partial charge in [0.05, 0.1) is 11.4 Å². The third-order valence-corrected chi connectivity index (χ3v) is 3.48. The first-order valence-corrected chi connectivity index (χ1v) is 7.05. The lowest BCUT2D eigenvalue weighted by atomic mass is 10.2. The molecule has 2 rings (SSSR count). The molecule has 1 heterocycles. The Morgan fingerprint density at radius 1 is 1.15 bits per heavy atom. The number of rotatable bonds is 6. The van der Waals surface area contributed by atoms with E-state index >= 15 is 0 Å². The number of benzene rings is 1. The Labute approximate surface area is 121 Å². The molecular formula is C16H24N4. The van der Waals surface area contributed by atoms with Crippen LogP contribution in [-0.4, -0.2) is 41.9 Å². The topological polar surface area (TPSA) is 33.1 Å². The van der Waals surface area contributed by atoms with Gasteiger partial charge in [-0.3, -0.25) is 0 Å². The van der Waals surface area contributed by atoms with Gasteiger partial charge in [0, 0.05) is 30.9 Å². The van der Waals surface area contributed by atoms with E-state index in [1.54, 1.807) is 0 Å². The molecule has 0 amide bonds. The van der Waals surface area contributed by atoms with E-state index in [-0.39, 0.29) is 0 Å². The van der Waals surface area contributed by atoms with Crippen LogP contribution >= 0.6 is 0 Å². The summed E-state index contributed by atoms with van der Waals surface area (Å²) < 4.78 is 2.03. The fourth-order valence-corrected chi connectivity index (χ4v) is 2.27. The molecule has 0 aliphatic rings. The van der Waals surface area contributed by atoms with Crippen molar-refractivity contribution in [3.8, 4) is 5.69 Å². The summed E-state index contributed by atoms with van der Waals surface area (Å²) in [5.74, 6) is 0. The van der Waals surface area contributed by atoms with E-state index in [1.807, 2.05) is 22.9 Å². The van der Waals surface area contributed by atoms with Crippen molar-refractivity contribution in [3.05, 3.63) is 47.3 Å². The average Bonchev–Trinajstić information content (AvgIpc) is 2.71. The number of nitrogens with zero attached hydrogens (tertiary/aromatic N) is 3. The minimum Gasteiger partial charge on any atom is -0.311 e. The van der Waals surface area contributed by atoms with Crippen LogP contribution in [0, 0.1) is 13.8 Å². The van der Waals surface area contributed by atoms with Crippen LogP contribution in [0.25, 0.3) is 5.69 Å². The van der Waals surface area contributed by atoms with Crippen molar-refractivity contribution in [1.29, 1.82) is 0 Å². The van der Waals surface area contributed by atoms with Crippen molar-refractivity contribution in [2.24, 2.45) is 0 Å². The number of likely N-dealkylation sites (N-methyl/N-ethyl adjacent to an activating group) is 1. The number of aryl methyl sites for hydroxylation is 1. The second-order valence-corrected chi connectivity index (χ2v) is 5.38. The quantitative estimate of drug-likeness (QED) is 0.818. The molecule has 1 aromatic heterocycles. The van der Waals surface area contributed by atoms with Crippen LogP contribution in [0.3, 0.4) is 0 Å². The van der Waals surface area contributed by atoms with E-state index in [1.165, 1.54) is 11.3 Å². The van der Waals surface area contributed by atoms with Crippen LogP contribution in [0.4, 0.5) is 0 Å². The predicted octanol–water partition coefficient (Wildman–Crippen LogP) is 2.14. The van der Waals surface area contributed by atoms with Gasteiger partial charge in [-0.25, -0.2) is 4.68 Å². The largest absolute Gasteiger partial charge is 0.311 e. The van der Waals surface area contributed by atoms with Gasteiger partial charge < -0.3 is 10.2 Å². The molecule has 1 aromatic carbocycles. The summed E-state index contributed by atoms with van der Waals surface area (Å²) >= 11 is 0. The lowest BCUT2D eigenvalue weighted by Gasteiger charge is -2.10. The molecule has 0 unspecified atom stereocenters. The van der Waals surface area contributed by atoms with E-state index in [4.69, 9.17) is 0 Å². The molecular weight excluding hydrogens is 248 g/mol. The smallest absolute Gasteiger partial charge is 0.0648 e. The maximum atomic E-state index is 4.66. The van der Waals surface area contributed by atoms with Crippen LogP contribution in [0.1, 0.15) is 17.0 Å². The van der Waals surface area contributed by atoms with Gasteiger partial charge in [0.15, 0.2) is 0 Å². The molecule has 0 spiro atoms. The van der Waals surface area contributed by atoms with Crippen molar-refractivity contribution in [1.82, 2.24) is 20.0 Å². The molecule has 0 fully saturated rings. The standard InChI is InChI=1S/C16H24N4/c1-13-16(12-17-10-11-19(3)4)14(2)20(18-13)15-8-6-5-7-9-15/h5-9,17H,10-12H2,1-4H3. The summed E-state index contributed by atoms with van der Waals surface area (Å²) in [6.45, 7) is 7.12. The fourth-order valence-electron chi connectivity index (χ4n) is 2.27. The van der Waals surface area contributed by atoms with Crippen LogP contribution in [-0.2, 0) is 6.54 Å². The lowest BCUT2D eigenvalue weighted by molar-refractivity contribution is 0.400. The summed E-state index contributed by atoms with van der Waals surface area (Å²) in [6, 6.07) is 10.3. The van der Waals surface area contributed by atoms with E-state index in [9.17, 15) is 0 Å². The fraction of sp³-hybridized carbons (Fsp3) is 0.438. The number of para-hydroxylation sites is 1. The Bertz CT molecular complexity index is 543. The predicted molar refractivity (Wildman–Crippen MR) is 83.3 cm³/mol. The molecule has 0 aliphatic carbocycles. The van der Waals surface area contributed by atoms with E-state index in [0.29, 0.717) is 0 Å². The molecule has 2 aromatic rings. The zero-order valence-electron chi connectivity index (χ0n) is 12.8. The highest BCUT2D eigenvalue weighted by atomic mass is 15.3. The maximum Gasteiger partial charge on any atom is 0.0648 e. The van der Waals surface area contributed by atoms with Gasteiger partial charge in [0.2, 0.25) is 0 Å². The molecule has 20 heavy (non-hydrogen) atoms. The molecule has 0 saturated heterocycles. The van der Waals surface area contributed by atoms with Crippen molar-refractivity contribution < 1.29 is 0 Å². The number of nitrogens with one attached hydrogen (secondary N) is 1. The summed E-state index contributed by atoms with van der Waals surface area (Å²) in [6.07, 6.45) is 0. The average molecular weight is 272 g/mol. The molecule has 0 aliphatic heterocycles. The molecule has 1 N–H and O–H groups in total. The lowest BCUT2D eigenvalue weighted by Crippen LogP contribution is -2.26. The van der Waals surface area contributed by atoms with Gasteiger partial charge in [-0.15, -0.1) is 0 Å². The monoisotopic (exact) mass is 272 g/mol. The Hall–Kier alpha value is -1.65. The molecule has 0 radical (unpaired) electrons. The van der Waals surface area contributed by atoms with Crippen LogP contribution < -0.4 is 5.32 Å².